The van der Waals surface area contributed by atoms with E-state index in [4.69, 9.17) is 27.3 Å². The Hall–Kier alpha value is -1.80. The molecule has 0 atom stereocenters. The number of nitrogens with one attached hydrogen (secondary N) is 2. The van der Waals surface area contributed by atoms with Gasteiger partial charge in [0, 0.05) is 29.7 Å². The number of imidazole rings is 1. The summed E-state index contributed by atoms with van der Waals surface area (Å²) in [7, 11) is 0. The van der Waals surface area contributed by atoms with Crippen molar-refractivity contribution in [2.45, 2.75) is 64.2 Å². The zero-order valence-electron chi connectivity index (χ0n) is 17.7. The first-order valence-electron chi connectivity index (χ1n) is 10.2. The fourth-order valence-corrected chi connectivity index (χ4v) is 3.97. The van der Waals surface area contributed by atoms with Gasteiger partial charge in [-0.25, -0.2) is 4.98 Å². The largest absolute Gasteiger partial charge is 0.364 e. The normalized spacial score (nSPS) is 18.4. The van der Waals surface area contributed by atoms with E-state index in [-0.39, 0.29) is 30.9 Å². The third-order valence-corrected chi connectivity index (χ3v) is 5.67. The fraction of sp³-hybridized carbons (Fsp3) is 0.476. The van der Waals surface area contributed by atoms with Crippen LogP contribution in [-0.2, 0) is 6.54 Å². The number of nitrogens with two attached hydrogens (primary N) is 1. The van der Waals surface area contributed by atoms with Crippen LogP contribution in [0.4, 0.5) is 11.8 Å². The second-order valence-electron chi connectivity index (χ2n) is 8.05. The second kappa shape index (κ2) is 11.2. The molecule has 4 rings (SSSR count). The first-order valence-corrected chi connectivity index (χ1v) is 10.6. The topological polar surface area (TPSA) is 93.7 Å². The molecule has 1 saturated carbocycles. The molecular weight excluding hydrogens is 457 g/mol. The van der Waals surface area contributed by atoms with Crippen LogP contribution in [0.5, 0.6) is 0 Å². The van der Waals surface area contributed by atoms with Gasteiger partial charge in [-0.3, -0.25) is 0 Å². The zero-order valence-corrected chi connectivity index (χ0v) is 20.1. The van der Waals surface area contributed by atoms with E-state index in [1.807, 2.05) is 30.6 Å². The van der Waals surface area contributed by atoms with Crippen LogP contribution >= 0.6 is 36.4 Å². The van der Waals surface area contributed by atoms with Gasteiger partial charge in [-0.2, -0.15) is 9.97 Å². The van der Waals surface area contributed by atoms with Gasteiger partial charge in [0.25, 0.3) is 0 Å². The van der Waals surface area contributed by atoms with Crippen LogP contribution < -0.4 is 16.4 Å². The van der Waals surface area contributed by atoms with Gasteiger partial charge in [-0.15, -0.1) is 24.8 Å². The number of anilines is 2. The van der Waals surface area contributed by atoms with Gasteiger partial charge in [0.2, 0.25) is 5.95 Å². The molecule has 0 unspecified atom stereocenters. The number of hydrogen-bond acceptors (Lipinski definition) is 6. The Morgan fingerprint density at radius 3 is 2.58 bits per heavy atom. The fourth-order valence-electron chi connectivity index (χ4n) is 3.76. The van der Waals surface area contributed by atoms with E-state index in [9.17, 15) is 0 Å². The minimum Gasteiger partial charge on any atom is -0.364 e. The summed E-state index contributed by atoms with van der Waals surface area (Å²) >= 11 is 6.12. The molecule has 1 fully saturated rings. The van der Waals surface area contributed by atoms with Crippen molar-refractivity contribution < 1.29 is 0 Å². The molecule has 0 bridgehead atoms. The highest BCUT2D eigenvalue weighted by Crippen LogP contribution is 2.26. The summed E-state index contributed by atoms with van der Waals surface area (Å²) < 4.78 is 2.07. The van der Waals surface area contributed by atoms with Crippen LogP contribution in [0.1, 0.15) is 51.1 Å². The molecule has 3 aromatic rings. The van der Waals surface area contributed by atoms with Gasteiger partial charge in [0.15, 0.2) is 17.0 Å². The predicted molar refractivity (Wildman–Crippen MR) is 133 cm³/mol. The summed E-state index contributed by atoms with van der Waals surface area (Å²) in [5.41, 5.74) is 8.74. The van der Waals surface area contributed by atoms with Crippen LogP contribution in [0, 0.1) is 0 Å². The van der Waals surface area contributed by atoms with E-state index >= 15 is 0 Å². The Labute approximate surface area is 200 Å². The van der Waals surface area contributed by atoms with Gasteiger partial charge in [0.1, 0.15) is 0 Å². The zero-order chi connectivity index (χ0) is 20.4. The number of fused-ring (bicyclic) bond motifs is 1. The van der Waals surface area contributed by atoms with Crippen molar-refractivity contribution in [1.29, 1.82) is 0 Å². The number of nitrogens with zero attached hydrogens (tertiary/aromatic N) is 4. The second-order valence-corrected chi connectivity index (χ2v) is 8.49. The molecule has 170 valence electrons. The van der Waals surface area contributed by atoms with E-state index in [0.717, 1.165) is 53.3 Å². The maximum absolute atomic E-state index is 6.12. The van der Waals surface area contributed by atoms with Gasteiger partial charge >= 0.3 is 0 Å². The summed E-state index contributed by atoms with van der Waals surface area (Å²) in [5.74, 6) is 1.36. The summed E-state index contributed by atoms with van der Waals surface area (Å²) in [4.78, 5) is 14.1. The lowest BCUT2D eigenvalue weighted by Crippen LogP contribution is -2.33. The molecule has 0 radical (unpaired) electrons. The molecule has 0 amide bonds. The molecular formula is C21H30Cl3N7. The van der Waals surface area contributed by atoms with Crippen LogP contribution in [0.25, 0.3) is 11.2 Å². The molecule has 2 aromatic heterocycles. The predicted octanol–water partition coefficient (Wildman–Crippen LogP) is 5.20. The number of hydrogen-bond donors (Lipinski definition) is 3. The maximum atomic E-state index is 6.12. The van der Waals surface area contributed by atoms with Crippen LogP contribution in [0.3, 0.4) is 0 Å². The SMILES string of the molecule is CC(C)n1cnc2c(NCc3cccc(Cl)c3)nc(N[C@H]3CC[C@H](N)CC3)nc21.Cl.Cl. The van der Waals surface area contributed by atoms with E-state index in [1.165, 1.54) is 0 Å². The third-order valence-electron chi connectivity index (χ3n) is 5.43. The Kier molecular flexibility index (Phi) is 9.18. The van der Waals surface area contributed by atoms with Gasteiger partial charge in [-0.1, -0.05) is 23.7 Å². The molecule has 0 saturated heterocycles. The van der Waals surface area contributed by atoms with E-state index in [1.54, 1.807) is 0 Å². The third kappa shape index (κ3) is 6.13. The number of benzene rings is 1. The van der Waals surface area contributed by atoms with Crippen molar-refractivity contribution in [2.24, 2.45) is 5.73 Å². The van der Waals surface area contributed by atoms with Gasteiger partial charge in [-0.05, 0) is 57.2 Å². The average molecular weight is 487 g/mol. The van der Waals surface area contributed by atoms with Crippen molar-refractivity contribution in [2.75, 3.05) is 10.6 Å². The minimum atomic E-state index is 0. The molecule has 0 aliphatic heterocycles. The van der Waals surface area contributed by atoms with Crippen molar-refractivity contribution in [3.05, 3.63) is 41.2 Å². The molecule has 2 heterocycles. The lowest BCUT2D eigenvalue weighted by atomic mass is 9.92. The molecule has 1 aliphatic carbocycles. The molecule has 0 spiro atoms. The van der Waals surface area contributed by atoms with Gasteiger partial charge in [0.05, 0.1) is 6.33 Å². The number of halogens is 3. The lowest BCUT2D eigenvalue weighted by Gasteiger charge is -2.27. The summed E-state index contributed by atoms with van der Waals surface area (Å²) in [6, 6.07) is 8.73. The summed E-state index contributed by atoms with van der Waals surface area (Å²) in [5, 5.41) is 7.66. The molecule has 7 nitrogen and oxygen atoms in total. The highest BCUT2D eigenvalue weighted by Gasteiger charge is 2.21. The molecule has 10 heteroatoms. The van der Waals surface area contributed by atoms with Gasteiger partial charge < -0.3 is 20.9 Å². The van der Waals surface area contributed by atoms with E-state index < -0.39 is 0 Å². The van der Waals surface area contributed by atoms with Crippen molar-refractivity contribution in [3.63, 3.8) is 0 Å². The highest BCUT2D eigenvalue weighted by molar-refractivity contribution is 6.30. The number of rotatable bonds is 6. The Balaban J connectivity index is 0.00000171. The Morgan fingerprint density at radius 2 is 1.90 bits per heavy atom. The highest BCUT2D eigenvalue weighted by atomic mass is 35.5. The van der Waals surface area contributed by atoms with Crippen LogP contribution in [0.15, 0.2) is 30.6 Å². The first-order chi connectivity index (χ1) is 14.0. The van der Waals surface area contributed by atoms with Crippen LogP contribution in [0.2, 0.25) is 5.02 Å². The van der Waals surface area contributed by atoms with E-state index in [0.29, 0.717) is 24.6 Å². The summed E-state index contributed by atoms with van der Waals surface area (Å²) in [6.45, 7) is 4.86. The van der Waals surface area contributed by atoms with Crippen molar-refractivity contribution >= 4 is 59.3 Å². The number of aromatic nitrogens is 4. The lowest BCUT2D eigenvalue weighted by molar-refractivity contribution is 0.410. The molecule has 1 aliphatic rings. The summed E-state index contributed by atoms with van der Waals surface area (Å²) in [6.07, 6.45) is 5.97. The molecule has 31 heavy (non-hydrogen) atoms. The Bertz CT molecular complexity index is 984. The van der Waals surface area contributed by atoms with Crippen molar-refractivity contribution in [1.82, 2.24) is 19.5 Å². The van der Waals surface area contributed by atoms with Crippen LogP contribution in [-0.4, -0.2) is 31.6 Å². The minimum absolute atomic E-state index is 0. The Morgan fingerprint density at radius 1 is 1.16 bits per heavy atom. The molecule has 1 aromatic carbocycles. The molecule has 4 N–H and O–H groups in total. The quantitative estimate of drug-likeness (QED) is 0.443. The maximum Gasteiger partial charge on any atom is 0.227 e. The standard InChI is InChI=1S/C21H28ClN7.2ClH/c1-13(2)29-12-25-18-19(24-11-14-4-3-5-15(22)10-14)27-21(28-20(18)29)26-17-8-6-16(23)7-9-17;;/h3-5,10,12-13,16-17H,6-9,11,23H2,1-2H3,(H2,24,26,27,28);2*1H/t16-,17-;;. The average Bonchev–Trinajstić information content (AvgIpc) is 3.12. The first kappa shape index (κ1) is 25.5. The smallest absolute Gasteiger partial charge is 0.227 e. The monoisotopic (exact) mass is 485 g/mol. The van der Waals surface area contributed by atoms with E-state index in [2.05, 4.69) is 34.0 Å². The van der Waals surface area contributed by atoms with Crippen molar-refractivity contribution in [3.8, 4) is 0 Å².